The van der Waals surface area contributed by atoms with Crippen LogP contribution < -0.4 is 15.2 Å². The van der Waals surface area contributed by atoms with Crippen LogP contribution >= 0.6 is 0 Å². The van der Waals surface area contributed by atoms with Crippen LogP contribution in [0.25, 0.3) is 11.4 Å². The number of aryl methyl sites for hydroxylation is 1. The average Bonchev–Trinajstić information content (AvgIpc) is 2.97. The van der Waals surface area contributed by atoms with Gasteiger partial charge in [-0.3, -0.25) is 10.1 Å². The summed E-state index contributed by atoms with van der Waals surface area (Å²) in [7, 11) is 0. The van der Waals surface area contributed by atoms with Crippen LogP contribution in [0.15, 0.2) is 48.8 Å². The van der Waals surface area contributed by atoms with Crippen molar-refractivity contribution in [3.05, 3.63) is 70.0 Å². The van der Waals surface area contributed by atoms with Gasteiger partial charge < -0.3 is 15.2 Å². The van der Waals surface area contributed by atoms with Crippen LogP contribution in [-0.4, -0.2) is 27.5 Å². The number of carbonyl (C=O) groups is 1. The van der Waals surface area contributed by atoms with Crippen molar-refractivity contribution in [3.63, 3.8) is 0 Å². The average molecular weight is 563 g/mol. The lowest BCUT2D eigenvalue weighted by Crippen LogP contribution is -2.12. The fourth-order valence-corrected chi connectivity index (χ4v) is 4.49. The number of nitro benzene ring substituents is 1. The Labute approximate surface area is 242 Å². The second kappa shape index (κ2) is 16.9. The number of aromatic nitrogens is 2. The van der Waals surface area contributed by atoms with E-state index in [2.05, 4.69) is 23.8 Å². The van der Waals surface area contributed by atoms with Gasteiger partial charge >= 0.3 is 5.97 Å². The van der Waals surface area contributed by atoms with Crippen LogP contribution in [-0.2, 0) is 6.42 Å². The highest BCUT2D eigenvalue weighted by Gasteiger charge is 2.25. The second-order valence-corrected chi connectivity index (χ2v) is 10.3. The summed E-state index contributed by atoms with van der Waals surface area (Å²) in [6.07, 6.45) is 17.3. The van der Waals surface area contributed by atoms with Gasteiger partial charge in [0.1, 0.15) is 17.1 Å². The standard InChI is InChI=1S/C32H42N4O5/c1-3-5-7-9-11-13-19-40-30-21-29(36(38)39)27(20-28(30)33)32(37)41-26-17-15-25(16-18-26)31-34-22-24(23-35-31)14-12-10-8-6-4-2/h15-18,20-23H,3-14,19,33H2,1-2H3. The number of unbranched alkanes of at least 4 members (excludes halogenated alkanes) is 9. The number of nitrogens with zero attached hydrogens (tertiary/aromatic N) is 3. The molecule has 0 aliphatic carbocycles. The number of hydrogen-bond donors (Lipinski definition) is 1. The molecule has 0 amide bonds. The van der Waals surface area contributed by atoms with Gasteiger partial charge in [-0.2, -0.15) is 0 Å². The number of nitrogens with two attached hydrogens (primary N) is 1. The molecule has 41 heavy (non-hydrogen) atoms. The van der Waals surface area contributed by atoms with Gasteiger partial charge in [0.15, 0.2) is 5.82 Å². The fourth-order valence-electron chi connectivity index (χ4n) is 4.49. The van der Waals surface area contributed by atoms with E-state index >= 15 is 0 Å². The maximum atomic E-state index is 12.9. The molecule has 0 unspecified atom stereocenters. The molecular weight excluding hydrogens is 520 g/mol. The molecule has 1 aromatic heterocycles. The van der Waals surface area contributed by atoms with E-state index in [4.69, 9.17) is 15.2 Å². The van der Waals surface area contributed by atoms with Crippen molar-refractivity contribution >= 4 is 17.3 Å². The van der Waals surface area contributed by atoms with Gasteiger partial charge in [0.05, 0.1) is 23.3 Å². The van der Waals surface area contributed by atoms with Gasteiger partial charge in [-0.1, -0.05) is 71.6 Å². The minimum absolute atomic E-state index is 0.144. The lowest BCUT2D eigenvalue weighted by Gasteiger charge is -2.11. The molecule has 0 aliphatic rings. The number of nitro groups is 1. The Morgan fingerprint density at radius 3 is 2.12 bits per heavy atom. The third-order valence-electron chi connectivity index (χ3n) is 6.90. The summed E-state index contributed by atoms with van der Waals surface area (Å²) in [5.74, 6) is 0.114. The van der Waals surface area contributed by atoms with Gasteiger partial charge in [0, 0.05) is 18.0 Å². The van der Waals surface area contributed by atoms with E-state index in [-0.39, 0.29) is 22.7 Å². The summed E-state index contributed by atoms with van der Waals surface area (Å²) < 4.78 is 11.1. The SMILES string of the molecule is CCCCCCCCOc1cc([N+](=O)[O-])c(C(=O)Oc2ccc(-c3ncc(CCCCCCC)cn3)cc2)cc1N. The maximum absolute atomic E-state index is 12.9. The Morgan fingerprint density at radius 2 is 1.49 bits per heavy atom. The summed E-state index contributed by atoms with van der Waals surface area (Å²) in [5, 5.41) is 11.7. The first-order valence-electron chi connectivity index (χ1n) is 14.8. The highest BCUT2D eigenvalue weighted by molar-refractivity contribution is 5.97. The number of ether oxygens (including phenoxy) is 2. The smallest absolute Gasteiger partial charge is 0.350 e. The fraction of sp³-hybridized carbons (Fsp3) is 0.469. The Morgan fingerprint density at radius 1 is 0.878 bits per heavy atom. The number of anilines is 1. The molecule has 2 aromatic carbocycles. The lowest BCUT2D eigenvalue weighted by atomic mass is 10.1. The van der Waals surface area contributed by atoms with Crippen molar-refractivity contribution in [1.82, 2.24) is 9.97 Å². The lowest BCUT2D eigenvalue weighted by molar-refractivity contribution is -0.385. The molecule has 0 bridgehead atoms. The van der Waals surface area contributed by atoms with Crippen LogP contribution in [0.2, 0.25) is 0 Å². The molecule has 1 heterocycles. The van der Waals surface area contributed by atoms with Crippen LogP contribution in [0.1, 0.15) is 100 Å². The predicted octanol–water partition coefficient (Wildman–Crippen LogP) is 8.11. The van der Waals surface area contributed by atoms with Crippen LogP contribution in [0, 0.1) is 10.1 Å². The third kappa shape index (κ3) is 10.2. The number of hydrogen-bond acceptors (Lipinski definition) is 8. The molecule has 0 saturated carbocycles. The van der Waals surface area contributed by atoms with Crippen molar-refractivity contribution in [2.45, 2.75) is 90.9 Å². The first-order chi connectivity index (χ1) is 19.9. The van der Waals surface area contributed by atoms with E-state index in [1.165, 1.54) is 57.1 Å². The molecule has 0 aliphatic heterocycles. The monoisotopic (exact) mass is 562 g/mol. The zero-order valence-corrected chi connectivity index (χ0v) is 24.3. The zero-order valence-electron chi connectivity index (χ0n) is 24.3. The Balaban J connectivity index is 1.58. The van der Waals surface area contributed by atoms with Crippen LogP contribution in [0.4, 0.5) is 11.4 Å². The summed E-state index contributed by atoms with van der Waals surface area (Å²) in [6, 6.07) is 9.12. The highest BCUT2D eigenvalue weighted by atomic mass is 16.6. The number of carbonyl (C=O) groups excluding carboxylic acids is 1. The van der Waals surface area contributed by atoms with E-state index in [0.717, 1.165) is 43.2 Å². The third-order valence-corrected chi connectivity index (χ3v) is 6.90. The Bertz CT molecular complexity index is 1250. The minimum atomic E-state index is -0.877. The molecule has 220 valence electrons. The Hall–Kier alpha value is -4.01. The molecule has 0 fully saturated rings. The van der Waals surface area contributed by atoms with Crippen molar-refractivity contribution in [2.75, 3.05) is 12.3 Å². The number of nitrogen functional groups attached to an aromatic ring is 1. The molecule has 0 atom stereocenters. The normalized spacial score (nSPS) is 10.9. The maximum Gasteiger partial charge on any atom is 0.350 e. The van der Waals surface area contributed by atoms with Crippen molar-refractivity contribution in [1.29, 1.82) is 0 Å². The van der Waals surface area contributed by atoms with Gasteiger partial charge in [-0.15, -0.1) is 0 Å². The van der Waals surface area contributed by atoms with Crippen molar-refractivity contribution in [2.24, 2.45) is 0 Å². The van der Waals surface area contributed by atoms with Gasteiger partial charge in [-0.05, 0) is 55.2 Å². The first kappa shape index (κ1) is 31.5. The number of benzene rings is 2. The minimum Gasteiger partial charge on any atom is -0.491 e. The van der Waals surface area contributed by atoms with Gasteiger partial charge in [-0.25, -0.2) is 14.8 Å². The van der Waals surface area contributed by atoms with Gasteiger partial charge in [0.2, 0.25) is 0 Å². The Kier molecular flexibility index (Phi) is 13.0. The quantitative estimate of drug-likeness (QED) is 0.0411. The molecule has 3 rings (SSSR count). The topological polar surface area (TPSA) is 130 Å². The summed E-state index contributed by atoms with van der Waals surface area (Å²) in [5.41, 5.74) is 7.43. The molecule has 0 saturated heterocycles. The van der Waals surface area contributed by atoms with Crippen molar-refractivity contribution in [3.8, 4) is 22.9 Å². The summed E-state index contributed by atoms with van der Waals surface area (Å²) in [4.78, 5) is 32.9. The summed E-state index contributed by atoms with van der Waals surface area (Å²) >= 11 is 0. The summed E-state index contributed by atoms with van der Waals surface area (Å²) in [6.45, 7) is 4.77. The molecule has 9 heteroatoms. The van der Waals surface area contributed by atoms with E-state index in [0.29, 0.717) is 12.4 Å². The molecule has 0 spiro atoms. The van der Waals surface area contributed by atoms with Crippen molar-refractivity contribution < 1.29 is 19.2 Å². The largest absolute Gasteiger partial charge is 0.491 e. The molecule has 3 aromatic rings. The molecule has 0 radical (unpaired) electrons. The number of rotatable bonds is 18. The van der Waals surface area contributed by atoms with Crippen LogP contribution in [0.3, 0.4) is 0 Å². The van der Waals surface area contributed by atoms with E-state index in [1.54, 1.807) is 24.3 Å². The number of esters is 1. The van der Waals surface area contributed by atoms with E-state index in [9.17, 15) is 14.9 Å². The first-order valence-corrected chi connectivity index (χ1v) is 14.8. The predicted molar refractivity (Wildman–Crippen MR) is 161 cm³/mol. The highest BCUT2D eigenvalue weighted by Crippen LogP contribution is 2.32. The van der Waals surface area contributed by atoms with E-state index < -0.39 is 16.6 Å². The zero-order chi connectivity index (χ0) is 29.5. The van der Waals surface area contributed by atoms with Gasteiger partial charge in [0.25, 0.3) is 5.69 Å². The van der Waals surface area contributed by atoms with E-state index in [1.807, 2.05) is 12.4 Å². The van der Waals surface area contributed by atoms with Crippen LogP contribution in [0.5, 0.6) is 11.5 Å². The molecular formula is C32H42N4O5. The molecule has 2 N–H and O–H groups in total. The second-order valence-electron chi connectivity index (χ2n) is 10.3. The molecule has 9 nitrogen and oxygen atoms in total.